The van der Waals surface area contributed by atoms with Crippen molar-refractivity contribution < 1.29 is 5.11 Å². The van der Waals surface area contributed by atoms with Gasteiger partial charge in [0.2, 0.25) is 0 Å². The minimum atomic E-state index is 0.0808. The van der Waals surface area contributed by atoms with E-state index in [0.717, 1.165) is 37.6 Å². The molecule has 18 heavy (non-hydrogen) atoms. The van der Waals surface area contributed by atoms with Crippen LogP contribution in [0.15, 0.2) is 18.3 Å². The number of hydrogen-bond acceptors (Lipinski definition) is 4. The predicted octanol–water partition coefficient (Wildman–Crippen LogP) is 1.49. The van der Waals surface area contributed by atoms with Gasteiger partial charge in [0.05, 0.1) is 6.61 Å². The summed E-state index contributed by atoms with van der Waals surface area (Å²) in [5, 5.41) is 9.15. The van der Waals surface area contributed by atoms with E-state index in [0.29, 0.717) is 0 Å². The quantitative estimate of drug-likeness (QED) is 0.862. The van der Waals surface area contributed by atoms with Crippen molar-refractivity contribution in [3.63, 3.8) is 0 Å². The van der Waals surface area contributed by atoms with Gasteiger partial charge in [-0.05, 0) is 38.5 Å². The molecule has 1 aromatic heterocycles. The van der Waals surface area contributed by atoms with Gasteiger partial charge in [-0.15, -0.1) is 0 Å². The van der Waals surface area contributed by atoms with Gasteiger partial charge in [0.25, 0.3) is 0 Å². The summed E-state index contributed by atoms with van der Waals surface area (Å²) in [6.07, 6.45) is 1.77. The van der Waals surface area contributed by atoms with Gasteiger partial charge in [0.1, 0.15) is 5.82 Å². The smallest absolute Gasteiger partial charge is 0.128 e. The second-order valence-corrected chi connectivity index (χ2v) is 5.83. The largest absolute Gasteiger partial charge is 0.392 e. The fourth-order valence-electron chi connectivity index (χ4n) is 2.34. The van der Waals surface area contributed by atoms with Crippen LogP contribution in [0.25, 0.3) is 0 Å². The van der Waals surface area contributed by atoms with Crippen LogP contribution < -0.4 is 4.90 Å². The summed E-state index contributed by atoms with van der Waals surface area (Å²) in [4.78, 5) is 9.19. The summed E-state index contributed by atoms with van der Waals surface area (Å²) in [6.45, 7) is 11.0. The Hall–Kier alpha value is -1.13. The van der Waals surface area contributed by atoms with Gasteiger partial charge in [-0.1, -0.05) is 0 Å². The zero-order chi connectivity index (χ0) is 13.2. The van der Waals surface area contributed by atoms with Crippen molar-refractivity contribution in [2.75, 3.05) is 31.1 Å². The van der Waals surface area contributed by atoms with E-state index in [9.17, 15) is 0 Å². The monoisotopic (exact) mass is 249 g/mol. The molecule has 1 fully saturated rings. The van der Waals surface area contributed by atoms with Crippen LogP contribution in [0.4, 0.5) is 5.82 Å². The first-order valence-corrected chi connectivity index (χ1v) is 6.56. The zero-order valence-electron chi connectivity index (χ0n) is 11.6. The number of aliphatic hydroxyl groups is 1. The van der Waals surface area contributed by atoms with Gasteiger partial charge < -0.3 is 10.0 Å². The summed E-state index contributed by atoms with van der Waals surface area (Å²) in [6, 6.07) is 3.83. The van der Waals surface area contributed by atoms with Crippen molar-refractivity contribution in [2.45, 2.75) is 32.9 Å². The minimum Gasteiger partial charge on any atom is -0.392 e. The average Bonchev–Trinajstić information content (AvgIpc) is 2.38. The van der Waals surface area contributed by atoms with Crippen molar-refractivity contribution in [3.05, 3.63) is 23.9 Å². The number of nitrogens with zero attached hydrogens (tertiary/aromatic N) is 3. The van der Waals surface area contributed by atoms with Crippen molar-refractivity contribution in [1.29, 1.82) is 0 Å². The summed E-state index contributed by atoms with van der Waals surface area (Å²) < 4.78 is 0. The molecule has 0 saturated carbocycles. The molecule has 0 atom stereocenters. The Balaban J connectivity index is 2.01. The summed E-state index contributed by atoms with van der Waals surface area (Å²) in [5.74, 6) is 0.982. The maximum atomic E-state index is 9.15. The van der Waals surface area contributed by atoms with Gasteiger partial charge in [0.15, 0.2) is 0 Å². The molecule has 2 rings (SSSR count). The molecule has 0 aromatic carbocycles. The van der Waals surface area contributed by atoms with E-state index in [1.807, 2.05) is 12.1 Å². The normalized spacial score (nSPS) is 18.1. The molecule has 1 aliphatic rings. The lowest BCUT2D eigenvalue weighted by Crippen LogP contribution is -2.53. The minimum absolute atomic E-state index is 0.0808. The molecule has 1 saturated heterocycles. The highest BCUT2D eigenvalue weighted by atomic mass is 16.3. The molecular weight excluding hydrogens is 226 g/mol. The number of aromatic nitrogens is 1. The third-order valence-corrected chi connectivity index (χ3v) is 3.54. The fourth-order valence-corrected chi connectivity index (χ4v) is 2.34. The molecule has 4 nitrogen and oxygen atoms in total. The number of hydrogen-bond donors (Lipinski definition) is 1. The van der Waals surface area contributed by atoms with E-state index in [1.54, 1.807) is 6.20 Å². The number of anilines is 1. The molecule has 100 valence electrons. The Kier molecular flexibility index (Phi) is 3.88. The van der Waals surface area contributed by atoms with Crippen LogP contribution in [0.1, 0.15) is 26.3 Å². The van der Waals surface area contributed by atoms with Gasteiger partial charge >= 0.3 is 0 Å². The lowest BCUT2D eigenvalue weighted by molar-refractivity contribution is 0.128. The summed E-state index contributed by atoms with van der Waals surface area (Å²) in [7, 11) is 0. The Morgan fingerprint density at radius 1 is 1.22 bits per heavy atom. The van der Waals surface area contributed by atoms with Gasteiger partial charge in [-0.25, -0.2) is 4.98 Å². The molecule has 1 N–H and O–H groups in total. The molecule has 1 aromatic rings. The van der Waals surface area contributed by atoms with Crippen LogP contribution in [-0.2, 0) is 6.61 Å². The molecule has 0 aliphatic carbocycles. The molecule has 1 aliphatic heterocycles. The van der Waals surface area contributed by atoms with Crippen LogP contribution in [0.3, 0.4) is 0 Å². The number of rotatable bonds is 2. The molecule has 0 radical (unpaired) electrons. The Bertz CT molecular complexity index is 392. The topological polar surface area (TPSA) is 39.6 Å². The van der Waals surface area contributed by atoms with E-state index >= 15 is 0 Å². The van der Waals surface area contributed by atoms with E-state index in [4.69, 9.17) is 5.11 Å². The van der Waals surface area contributed by atoms with E-state index in [2.05, 4.69) is 35.6 Å². The number of aliphatic hydroxyl groups excluding tert-OH is 1. The second kappa shape index (κ2) is 5.24. The highest BCUT2D eigenvalue weighted by Crippen LogP contribution is 2.19. The third kappa shape index (κ3) is 3.00. The maximum absolute atomic E-state index is 9.15. The van der Waals surface area contributed by atoms with Crippen LogP contribution in [0.2, 0.25) is 0 Å². The first-order chi connectivity index (χ1) is 8.50. The average molecular weight is 249 g/mol. The first-order valence-electron chi connectivity index (χ1n) is 6.56. The van der Waals surface area contributed by atoms with Crippen LogP contribution in [0, 0.1) is 0 Å². The Morgan fingerprint density at radius 3 is 2.44 bits per heavy atom. The second-order valence-electron chi connectivity index (χ2n) is 5.83. The van der Waals surface area contributed by atoms with Crippen LogP contribution >= 0.6 is 0 Å². The fraction of sp³-hybridized carbons (Fsp3) is 0.643. The highest BCUT2D eigenvalue weighted by Gasteiger charge is 2.26. The lowest BCUT2D eigenvalue weighted by atomic mass is 10.0. The Labute approximate surface area is 109 Å². The molecule has 2 heterocycles. The molecule has 4 heteroatoms. The van der Waals surface area contributed by atoms with Crippen molar-refractivity contribution in [1.82, 2.24) is 9.88 Å². The van der Waals surface area contributed by atoms with Crippen LogP contribution in [0.5, 0.6) is 0 Å². The maximum Gasteiger partial charge on any atom is 0.128 e. The summed E-state index contributed by atoms with van der Waals surface area (Å²) >= 11 is 0. The molecule has 0 amide bonds. The number of pyridine rings is 1. The molecule has 0 unspecified atom stereocenters. The predicted molar refractivity (Wildman–Crippen MR) is 73.7 cm³/mol. The molecule has 0 spiro atoms. The van der Waals surface area contributed by atoms with Crippen LogP contribution in [-0.4, -0.2) is 46.7 Å². The van der Waals surface area contributed by atoms with Crippen molar-refractivity contribution in [2.24, 2.45) is 0 Å². The zero-order valence-corrected chi connectivity index (χ0v) is 11.6. The SMILES string of the molecule is CC(C)(C)N1CCN(c2cc(CO)ccn2)CC1. The lowest BCUT2D eigenvalue weighted by Gasteiger charge is -2.42. The van der Waals surface area contributed by atoms with E-state index < -0.39 is 0 Å². The van der Waals surface area contributed by atoms with Gasteiger partial charge in [-0.2, -0.15) is 0 Å². The van der Waals surface area contributed by atoms with Gasteiger partial charge in [-0.3, -0.25) is 4.90 Å². The van der Waals surface area contributed by atoms with Gasteiger partial charge in [0, 0.05) is 37.9 Å². The first kappa shape index (κ1) is 13.3. The summed E-state index contributed by atoms with van der Waals surface area (Å²) in [5.41, 5.74) is 1.17. The highest BCUT2D eigenvalue weighted by molar-refractivity contribution is 5.41. The van der Waals surface area contributed by atoms with E-state index in [1.165, 1.54) is 0 Å². The number of piperazine rings is 1. The molecular formula is C14H23N3O. The third-order valence-electron chi connectivity index (χ3n) is 3.54. The molecule has 0 bridgehead atoms. The standard InChI is InChI=1S/C14H23N3O/c1-14(2,3)17-8-6-16(7-9-17)13-10-12(11-18)4-5-15-13/h4-5,10,18H,6-9,11H2,1-3H3. The Morgan fingerprint density at radius 2 is 1.89 bits per heavy atom. The van der Waals surface area contributed by atoms with Crippen molar-refractivity contribution in [3.8, 4) is 0 Å². The van der Waals surface area contributed by atoms with E-state index in [-0.39, 0.29) is 12.1 Å². The van der Waals surface area contributed by atoms with Crippen molar-refractivity contribution >= 4 is 5.82 Å².